The van der Waals surface area contributed by atoms with Crippen molar-refractivity contribution in [2.45, 2.75) is 43.9 Å². The SMILES string of the molecule is Cc1cc(C(F)(F)F)cc(C2(C(F)(F)F)CC(c3ccc(C(=O)N4CC(=O)N(CCC(F)(F)F)C4)c4ccccc34)=NO2)c1. The number of benzene rings is 3. The molecule has 1 unspecified atom stereocenters. The molecule has 15 heteroatoms. The molecule has 3 aromatic rings. The van der Waals surface area contributed by atoms with E-state index >= 15 is 0 Å². The molecule has 0 aliphatic carbocycles. The highest BCUT2D eigenvalue weighted by atomic mass is 19.4. The van der Waals surface area contributed by atoms with Crippen LogP contribution in [0.25, 0.3) is 10.8 Å². The minimum atomic E-state index is -5.18. The van der Waals surface area contributed by atoms with Crippen molar-refractivity contribution in [3.8, 4) is 0 Å². The molecule has 1 saturated heterocycles. The number of rotatable bonds is 5. The summed E-state index contributed by atoms with van der Waals surface area (Å²) in [5, 5.41) is 4.17. The Kier molecular flexibility index (Phi) is 7.57. The van der Waals surface area contributed by atoms with Crippen molar-refractivity contribution in [3.63, 3.8) is 0 Å². The fourth-order valence-electron chi connectivity index (χ4n) is 5.33. The summed E-state index contributed by atoms with van der Waals surface area (Å²) in [5.74, 6) is -1.36. The van der Waals surface area contributed by atoms with Crippen molar-refractivity contribution in [3.05, 3.63) is 82.4 Å². The van der Waals surface area contributed by atoms with Crippen LogP contribution in [0.3, 0.4) is 0 Å². The summed E-state index contributed by atoms with van der Waals surface area (Å²) in [7, 11) is 0. The molecule has 6 nitrogen and oxygen atoms in total. The summed E-state index contributed by atoms with van der Waals surface area (Å²) in [6.07, 6.45) is -16.8. The van der Waals surface area contributed by atoms with E-state index in [1.807, 2.05) is 0 Å². The normalized spacial score (nSPS) is 19.5. The Hall–Kier alpha value is -4.30. The first-order chi connectivity index (χ1) is 20.4. The van der Waals surface area contributed by atoms with E-state index in [4.69, 9.17) is 4.84 Å². The first-order valence-corrected chi connectivity index (χ1v) is 13.1. The second kappa shape index (κ2) is 10.7. The van der Waals surface area contributed by atoms with Crippen molar-refractivity contribution in [1.82, 2.24) is 9.80 Å². The molecule has 1 atom stereocenters. The van der Waals surface area contributed by atoms with Crippen LogP contribution in [0.1, 0.15) is 45.5 Å². The molecule has 0 saturated carbocycles. The van der Waals surface area contributed by atoms with Gasteiger partial charge in [0.15, 0.2) is 0 Å². The Morgan fingerprint density at radius 3 is 2.27 bits per heavy atom. The monoisotopic (exact) mass is 631 g/mol. The van der Waals surface area contributed by atoms with Gasteiger partial charge in [0, 0.05) is 29.7 Å². The van der Waals surface area contributed by atoms with Crippen LogP contribution in [0.15, 0.2) is 59.8 Å². The number of carbonyl (C=O) groups is 2. The Balaban J connectivity index is 1.48. The Morgan fingerprint density at radius 1 is 0.955 bits per heavy atom. The average molecular weight is 631 g/mol. The van der Waals surface area contributed by atoms with E-state index in [9.17, 15) is 49.1 Å². The second-order valence-corrected chi connectivity index (χ2v) is 10.6. The summed E-state index contributed by atoms with van der Waals surface area (Å²) in [6.45, 7) is -0.239. The van der Waals surface area contributed by atoms with Crippen LogP contribution in [0.4, 0.5) is 39.5 Å². The van der Waals surface area contributed by atoms with E-state index < -0.39 is 73.0 Å². The van der Waals surface area contributed by atoms with Crippen LogP contribution in [0.5, 0.6) is 0 Å². The molecule has 2 aliphatic heterocycles. The fraction of sp³-hybridized carbons (Fsp3) is 0.345. The van der Waals surface area contributed by atoms with Gasteiger partial charge < -0.3 is 14.6 Å². The predicted molar refractivity (Wildman–Crippen MR) is 138 cm³/mol. The Labute approximate surface area is 243 Å². The number of alkyl halides is 9. The third-order valence-corrected chi connectivity index (χ3v) is 7.50. The minimum Gasteiger partial charge on any atom is -0.374 e. The number of fused-ring (bicyclic) bond motifs is 1. The molecule has 234 valence electrons. The zero-order valence-electron chi connectivity index (χ0n) is 22.7. The first-order valence-electron chi connectivity index (χ1n) is 13.1. The summed E-state index contributed by atoms with van der Waals surface area (Å²) in [4.78, 5) is 32.6. The lowest BCUT2D eigenvalue weighted by molar-refractivity contribution is -0.276. The van der Waals surface area contributed by atoms with E-state index in [1.165, 1.54) is 31.2 Å². The van der Waals surface area contributed by atoms with E-state index in [-0.39, 0.29) is 39.8 Å². The topological polar surface area (TPSA) is 62.2 Å². The first kappa shape index (κ1) is 31.1. The molecule has 2 amide bonds. The van der Waals surface area contributed by atoms with Crippen molar-refractivity contribution in [2.24, 2.45) is 5.16 Å². The number of oxime groups is 1. The highest BCUT2D eigenvalue weighted by Gasteiger charge is 2.62. The van der Waals surface area contributed by atoms with Gasteiger partial charge in [0.25, 0.3) is 11.5 Å². The second-order valence-electron chi connectivity index (χ2n) is 10.6. The number of amides is 2. The van der Waals surface area contributed by atoms with E-state index in [0.29, 0.717) is 6.07 Å². The van der Waals surface area contributed by atoms with Gasteiger partial charge in [-0.25, -0.2) is 0 Å². The lowest BCUT2D eigenvalue weighted by atomic mass is 9.84. The smallest absolute Gasteiger partial charge is 0.374 e. The molecule has 5 rings (SSSR count). The van der Waals surface area contributed by atoms with Crippen LogP contribution in [0.2, 0.25) is 0 Å². The lowest BCUT2D eigenvalue weighted by Gasteiger charge is -2.30. The van der Waals surface area contributed by atoms with Crippen molar-refractivity contribution in [2.75, 3.05) is 19.8 Å². The predicted octanol–water partition coefficient (Wildman–Crippen LogP) is 6.94. The molecule has 0 bridgehead atoms. The third kappa shape index (κ3) is 5.78. The van der Waals surface area contributed by atoms with Gasteiger partial charge in [0.1, 0.15) is 6.54 Å². The zero-order chi connectivity index (χ0) is 32.2. The molecule has 1 fully saturated rings. The fourth-order valence-corrected chi connectivity index (χ4v) is 5.33. The molecule has 44 heavy (non-hydrogen) atoms. The maximum atomic E-state index is 14.6. The third-order valence-electron chi connectivity index (χ3n) is 7.50. The molecule has 0 N–H and O–H groups in total. The van der Waals surface area contributed by atoms with E-state index in [2.05, 4.69) is 5.16 Å². The molecule has 2 aliphatic rings. The van der Waals surface area contributed by atoms with Gasteiger partial charge in [-0.05, 0) is 35.9 Å². The van der Waals surface area contributed by atoms with Gasteiger partial charge in [-0.2, -0.15) is 39.5 Å². The largest absolute Gasteiger partial charge is 0.435 e. The number of hydrogen-bond acceptors (Lipinski definition) is 4. The molecule has 0 aromatic heterocycles. The van der Waals surface area contributed by atoms with Crippen molar-refractivity contribution in [1.29, 1.82) is 0 Å². The van der Waals surface area contributed by atoms with Crippen LogP contribution in [-0.4, -0.2) is 59.4 Å². The van der Waals surface area contributed by atoms with Gasteiger partial charge in [-0.1, -0.05) is 47.1 Å². The quantitative estimate of drug-likeness (QED) is 0.287. The van der Waals surface area contributed by atoms with Crippen LogP contribution in [0, 0.1) is 6.92 Å². The highest BCUT2D eigenvalue weighted by Crippen LogP contribution is 2.50. The maximum Gasteiger partial charge on any atom is 0.435 e. The van der Waals surface area contributed by atoms with Gasteiger partial charge in [-0.15, -0.1) is 0 Å². The molecule has 0 spiro atoms. The molecular weight excluding hydrogens is 609 g/mol. The van der Waals surface area contributed by atoms with Gasteiger partial charge >= 0.3 is 18.5 Å². The van der Waals surface area contributed by atoms with Crippen molar-refractivity contribution < 1.29 is 53.9 Å². The molecule has 0 radical (unpaired) electrons. The number of aryl methyl sites for hydroxylation is 1. The Bertz CT molecular complexity index is 1660. The molecule has 2 heterocycles. The van der Waals surface area contributed by atoms with Gasteiger partial charge in [0.2, 0.25) is 5.91 Å². The average Bonchev–Trinajstić information content (AvgIpc) is 3.54. The number of hydrogen-bond donors (Lipinski definition) is 0. The van der Waals surface area contributed by atoms with Crippen LogP contribution in [-0.2, 0) is 21.4 Å². The van der Waals surface area contributed by atoms with Crippen LogP contribution < -0.4 is 0 Å². The summed E-state index contributed by atoms with van der Waals surface area (Å²) in [5.41, 5.74) is -5.43. The summed E-state index contributed by atoms with van der Waals surface area (Å²) < 4.78 is 122. The number of nitrogens with zero attached hydrogens (tertiary/aromatic N) is 3. The molecular formula is C29H22F9N3O3. The van der Waals surface area contributed by atoms with Crippen LogP contribution >= 0.6 is 0 Å². The van der Waals surface area contributed by atoms with E-state index in [1.54, 1.807) is 12.1 Å². The highest BCUT2D eigenvalue weighted by molar-refractivity contribution is 6.16. The lowest BCUT2D eigenvalue weighted by Crippen LogP contribution is -2.43. The molecule has 3 aromatic carbocycles. The standard InChI is InChI=1S/C29H22F9N3O3/c1-16-10-17(12-18(11-16)28(33,34)35)26(29(36,37)38)13-23(39-44-26)21-6-7-22(20-5-3-2-4-19(20)21)25(43)41-14-24(42)40(15-41)9-8-27(30,31)32/h2-7,10-12H,8-9,13-15H2,1H3. The Morgan fingerprint density at radius 2 is 1.64 bits per heavy atom. The van der Waals surface area contributed by atoms with Crippen molar-refractivity contribution >= 4 is 28.3 Å². The maximum absolute atomic E-state index is 14.6. The number of carbonyl (C=O) groups excluding carboxylic acids is 2. The summed E-state index contributed by atoms with van der Waals surface area (Å²) in [6, 6.07) is 10.7. The zero-order valence-corrected chi connectivity index (χ0v) is 22.7. The number of halogens is 9. The van der Waals surface area contributed by atoms with Gasteiger partial charge in [0.05, 0.1) is 24.4 Å². The van der Waals surface area contributed by atoms with Gasteiger partial charge in [-0.3, -0.25) is 9.59 Å². The summed E-state index contributed by atoms with van der Waals surface area (Å²) >= 11 is 0. The van der Waals surface area contributed by atoms with E-state index in [0.717, 1.165) is 21.9 Å². The minimum absolute atomic E-state index is 0.0323.